The van der Waals surface area contributed by atoms with Crippen molar-refractivity contribution in [1.29, 1.82) is 0 Å². The van der Waals surface area contributed by atoms with E-state index in [1.54, 1.807) is 48.8 Å². The third kappa shape index (κ3) is 8.23. The van der Waals surface area contributed by atoms with Gasteiger partial charge in [0.1, 0.15) is 0 Å². The number of hydrogen-bond donors (Lipinski definition) is 0. The van der Waals surface area contributed by atoms with Gasteiger partial charge in [0.25, 0.3) is 0 Å². The normalized spacial score (nSPS) is 13.1. The Bertz CT molecular complexity index is 1420. The van der Waals surface area contributed by atoms with Crippen LogP contribution in [0, 0.1) is 27.8 Å². The summed E-state index contributed by atoms with van der Waals surface area (Å²) < 4.78 is 17.2. The fraction of sp³-hybridized carbons (Fsp3) is 0.188. The Morgan fingerprint density at radius 1 is 0.564 bits per heavy atom. The van der Waals surface area contributed by atoms with E-state index in [0.29, 0.717) is 11.1 Å². The van der Waals surface area contributed by atoms with Crippen molar-refractivity contribution in [3.63, 3.8) is 0 Å². The van der Waals surface area contributed by atoms with Gasteiger partial charge < -0.3 is 10.2 Å². The summed E-state index contributed by atoms with van der Waals surface area (Å²) in [5, 5.41) is 23.1. The Morgan fingerprint density at radius 3 is 1.36 bits per heavy atom. The molecule has 4 aromatic rings. The fourth-order valence-corrected chi connectivity index (χ4v) is 4.74. The molecule has 6 nitrogen and oxygen atoms in total. The van der Waals surface area contributed by atoms with E-state index in [4.69, 9.17) is 4.47 Å². The van der Waals surface area contributed by atoms with E-state index in [1.807, 2.05) is 24.3 Å². The molecule has 2 aliphatic carbocycles. The first-order valence-corrected chi connectivity index (χ1v) is 16.3. The van der Waals surface area contributed by atoms with Gasteiger partial charge in [-0.05, 0) is 96.2 Å². The molecule has 7 heteroatoms. The Hall–Kier alpha value is -3.53. The van der Waals surface area contributed by atoms with Gasteiger partial charge in [-0.2, -0.15) is 0 Å². The zero-order chi connectivity index (χ0) is 27.5. The van der Waals surface area contributed by atoms with Crippen molar-refractivity contribution in [1.82, 2.24) is 0 Å². The van der Waals surface area contributed by atoms with Gasteiger partial charge in [0.05, 0.1) is 11.4 Å². The maximum atomic E-state index is 11.5. The van der Waals surface area contributed by atoms with Gasteiger partial charge in [0.15, 0.2) is 0 Å². The monoisotopic (exact) mass is 742 g/mol. The molecule has 0 atom stereocenters. The second kappa shape index (κ2) is 14.6. The molecule has 0 radical (unpaired) electrons. The SMILES string of the molecule is [O-]c1ccccc1C=Nc1ccc2c(c1)CCC2.[O-]c1ccccc1C=Nc1ccc2c(c1)CCC2.[O]=[U+2]=[O]. The standard InChI is InChI=1S/2C16H15NO.2O.U/c2*18-16-7-2-1-4-14(16)11-17-15-9-8-12-5-3-6-13(12)10-15;;;/h2*1-2,4,7-11,18H,3,5-6H2;;;/q;;;;+2/p-2. The summed E-state index contributed by atoms with van der Waals surface area (Å²) in [6.07, 6.45) is 10.5. The van der Waals surface area contributed by atoms with E-state index in [9.17, 15) is 10.2 Å². The van der Waals surface area contributed by atoms with Crippen LogP contribution in [0.4, 0.5) is 11.4 Å². The second-order valence-corrected chi connectivity index (χ2v) is 9.98. The molecule has 0 bridgehead atoms. The Labute approximate surface area is 243 Å². The molecule has 4 aromatic carbocycles. The van der Waals surface area contributed by atoms with Crippen LogP contribution in [0.3, 0.4) is 0 Å². The van der Waals surface area contributed by atoms with Gasteiger partial charge in [0, 0.05) is 12.4 Å². The summed E-state index contributed by atoms with van der Waals surface area (Å²) in [7, 11) is 0. The minimum atomic E-state index is -2.51. The quantitative estimate of drug-likeness (QED) is 0.248. The van der Waals surface area contributed by atoms with Crippen molar-refractivity contribution >= 4 is 23.8 Å². The third-order valence-corrected chi connectivity index (χ3v) is 6.71. The van der Waals surface area contributed by atoms with E-state index in [1.165, 1.54) is 47.9 Å². The first kappa shape index (κ1) is 28.5. The Morgan fingerprint density at radius 2 is 0.949 bits per heavy atom. The molecule has 0 N–H and O–H groups in total. The molecule has 39 heavy (non-hydrogen) atoms. The minimum absolute atomic E-state index is 0.0161. The number of fused-ring (bicyclic) bond motifs is 2. The number of aryl methyl sites for hydroxylation is 4. The van der Waals surface area contributed by atoms with Crippen molar-refractivity contribution in [2.24, 2.45) is 9.98 Å². The van der Waals surface area contributed by atoms with Crippen LogP contribution >= 0.6 is 0 Å². The number of nitrogens with zero attached hydrogens (tertiary/aromatic N) is 2. The molecule has 194 valence electrons. The van der Waals surface area contributed by atoms with Crippen molar-refractivity contribution in [3.8, 4) is 11.5 Å². The average molecular weight is 743 g/mol. The average Bonchev–Trinajstić information content (AvgIpc) is 3.62. The van der Waals surface area contributed by atoms with Crippen molar-refractivity contribution in [2.75, 3.05) is 0 Å². The number of benzene rings is 4. The van der Waals surface area contributed by atoms with E-state index in [0.717, 1.165) is 24.2 Å². The molecule has 0 spiro atoms. The van der Waals surface area contributed by atoms with Crippen LogP contribution in [0.2, 0.25) is 0 Å². The van der Waals surface area contributed by atoms with Crippen LogP contribution in [0.1, 0.15) is 46.2 Å². The van der Waals surface area contributed by atoms with Crippen LogP contribution in [-0.2, 0) is 30.2 Å². The summed E-state index contributed by atoms with van der Waals surface area (Å²) in [6.45, 7) is 0. The molecule has 0 aliphatic heterocycles. The third-order valence-electron chi connectivity index (χ3n) is 6.71. The van der Waals surface area contributed by atoms with Crippen LogP contribution in [0.15, 0.2) is 94.9 Å². The van der Waals surface area contributed by atoms with Crippen molar-refractivity contribution in [3.05, 3.63) is 118 Å². The molecular formula is C32H28N2O4U. The molecule has 0 amide bonds. The zero-order valence-corrected chi connectivity index (χ0v) is 25.7. The van der Waals surface area contributed by atoms with E-state index >= 15 is 0 Å². The van der Waals surface area contributed by atoms with Crippen molar-refractivity contribution in [2.45, 2.75) is 38.5 Å². The first-order chi connectivity index (χ1) is 19.1. The summed E-state index contributed by atoms with van der Waals surface area (Å²) in [5.41, 5.74) is 8.82. The molecule has 6 rings (SSSR count). The molecule has 0 aromatic heterocycles. The van der Waals surface area contributed by atoms with Crippen LogP contribution < -0.4 is 10.2 Å². The summed E-state index contributed by atoms with van der Waals surface area (Å²) in [6, 6.07) is 26.5. The zero-order valence-electron chi connectivity index (χ0n) is 21.5. The second-order valence-electron chi connectivity index (χ2n) is 9.29. The topological polar surface area (TPSA) is 105 Å². The Kier molecular flexibility index (Phi) is 10.6. The van der Waals surface area contributed by atoms with Gasteiger partial charge in [-0.1, -0.05) is 60.7 Å². The molecule has 2 aliphatic rings. The molecule has 0 saturated carbocycles. The van der Waals surface area contributed by atoms with Crippen LogP contribution in [0.5, 0.6) is 11.5 Å². The van der Waals surface area contributed by atoms with E-state index in [2.05, 4.69) is 34.3 Å². The predicted octanol–water partition coefficient (Wildman–Crippen LogP) is 5.76. The van der Waals surface area contributed by atoms with E-state index in [-0.39, 0.29) is 11.5 Å². The maximum absolute atomic E-state index is 11.5. The number of rotatable bonds is 4. The predicted molar refractivity (Wildman–Crippen MR) is 145 cm³/mol. The molecule has 0 heterocycles. The van der Waals surface area contributed by atoms with Gasteiger partial charge >= 0.3 is 32.3 Å². The molecule has 0 saturated heterocycles. The molecular weight excluding hydrogens is 714 g/mol. The van der Waals surface area contributed by atoms with Crippen molar-refractivity contribution < 1.29 is 42.5 Å². The van der Waals surface area contributed by atoms with Gasteiger partial charge in [-0.3, -0.25) is 9.98 Å². The van der Waals surface area contributed by atoms with Gasteiger partial charge in [0.2, 0.25) is 0 Å². The summed E-state index contributed by atoms with van der Waals surface area (Å²) in [4.78, 5) is 8.78. The number of para-hydroxylation sites is 2. The molecule has 0 unspecified atom stereocenters. The van der Waals surface area contributed by atoms with E-state index < -0.39 is 27.8 Å². The Balaban J connectivity index is 0.000000165. The molecule has 0 fully saturated rings. The number of hydrogen-bond acceptors (Lipinski definition) is 6. The van der Waals surface area contributed by atoms with Gasteiger partial charge in [-0.25, -0.2) is 0 Å². The number of aliphatic imine (C=N–C) groups is 2. The van der Waals surface area contributed by atoms with Gasteiger partial charge in [-0.15, -0.1) is 11.5 Å². The summed E-state index contributed by atoms with van der Waals surface area (Å²) in [5.74, 6) is 0.0322. The first-order valence-electron chi connectivity index (χ1n) is 12.9. The van der Waals surface area contributed by atoms with Crippen LogP contribution in [0.25, 0.3) is 0 Å². The fourth-order valence-electron chi connectivity index (χ4n) is 4.74. The van der Waals surface area contributed by atoms with Crippen LogP contribution in [-0.4, -0.2) is 12.4 Å². The summed E-state index contributed by atoms with van der Waals surface area (Å²) >= 11 is -2.51.